The van der Waals surface area contributed by atoms with Crippen LogP contribution in [0.3, 0.4) is 0 Å². The molecule has 0 aromatic heterocycles. The molecule has 0 atom stereocenters. The molecule has 0 radical (unpaired) electrons. The van der Waals surface area contributed by atoms with Gasteiger partial charge in [-0.15, -0.1) is 11.6 Å². The number of hydrogen-bond donors (Lipinski definition) is 0. The van der Waals surface area contributed by atoms with Gasteiger partial charge in [-0.3, -0.25) is 0 Å². The van der Waals surface area contributed by atoms with E-state index in [-0.39, 0.29) is 0 Å². The lowest BCUT2D eigenvalue weighted by Crippen LogP contribution is -2.23. The van der Waals surface area contributed by atoms with E-state index in [1.165, 1.54) is 18.0 Å². The fourth-order valence-corrected chi connectivity index (χ4v) is 5.28. The first-order chi connectivity index (χ1) is 11.5. The van der Waals surface area contributed by atoms with Crippen LogP contribution in [0, 0.1) is 0 Å². The molecule has 0 fully saturated rings. The second kappa shape index (κ2) is 6.86. The van der Waals surface area contributed by atoms with Crippen molar-refractivity contribution in [3.8, 4) is 5.75 Å². The smallest absolute Gasteiger partial charge is 0.176 e. The van der Waals surface area contributed by atoms with Crippen molar-refractivity contribution in [1.29, 1.82) is 0 Å². The van der Waals surface area contributed by atoms with Gasteiger partial charge in [-0.05, 0) is 30.7 Å². The van der Waals surface area contributed by atoms with E-state index in [1.807, 2.05) is 24.3 Å². The van der Waals surface area contributed by atoms with E-state index in [0.29, 0.717) is 17.3 Å². The Bertz CT molecular complexity index is 868. The van der Waals surface area contributed by atoms with E-state index in [9.17, 15) is 8.42 Å². The molecule has 0 unspecified atom stereocenters. The molecule has 7 heteroatoms. The number of ether oxygens (including phenoxy) is 1. The van der Waals surface area contributed by atoms with Crippen molar-refractivity contribution in [3.05, 3.63) is 36.4 Å². The summed E-state index contributed by atoms with van der Waals surface area (Å²) in [5.41, 5.74) is 1.91. The summed E-state index contributed by atoms with van der Waals surface area (Å²) in [6.45, 7) is 0.713. The Morgan fingerprint density at radius 1 is 1.21 bits per heavy atom. The quantitative estimate of drug-likeness (QED) is 0.719. The Morgan fingerprint density at radius 2 is 2.00 bits per heavy atom. The molecule has 0 aliphatic carbocycles. The maximum absolute atomic E-state index is 12.2. The van der Waals surface area contributed by atoms with E-state index >= 15 is 0 Å². The molecule has 4 nitrogen and oxygen atoms in total. The molecule has 24 heavy (non-hydrogen) atoms. The van der Waals surface area contributed by atoms with Crippen molar-refractivity contribution >= 4 is 44.6 Å². The van der Waals surface area contributed by atoms with Crippen LogP contribution in [0.1, 0.15) is 6.42 Å². The molecule has 0 saturated heterocycles. The molecule has 0 N–H and O–H groups in total. The van der Waals surface area contributed by atoms with E-state index in [2.05, 4.69) is 4.90 Å². The molecule has 0 bridgehead atoms. The molecular formula is C17H18ClNO3S2. The highest BCUT2D eigenvalue weighted by Crippen LogP contribution is 2.51. The van der Waals surface area contributed by atoms with Crippen molar-refractivity contribution in [2.75, 3.05) is 30.7 Å². The highest BCUT2D eigenvalue weighted by molar-refractivity contribution is 8.00. The van der Waals surface area contributed by atoms with Crippen molar-refractivity contribution in [2.45, 2.75) is 21.1 Å². The molecular weight excluding hydrogens is 366 g/mol. The number of anilines is 2. The summed E-state index contributed by atoms with van der Waals surface area (Å²) in [6.07, 6.45) is 2.04. The topological polar surface area (TPSA) is 46.6 Å². The number of halogens is 1. The van der Waals surface area contributed by atoms with Crippen LogP contribution in [-0.2, 0) is 9.84 Å². The SMILES string of the molecule is COc1ccc2c(c1)N(CCCCl)c1cccc(S(C)(=O)=O)c1S2. The van der Waals surface area contributed by atoms with Gasteiger partial charge >= 0.3 is 0 Å². The number of benzene rings is 2. The summed E-state index contributed by atoms with van der Waals surface area (Å²) in [4.78, 5) is 4.27. The fourth-order valence-electron chi connectivity index (χ4n) is 2.73. The lowest BCUT2D eigenvalue weighted by Gasteiger charge is -2.33. The van der Waals surface area contributed by atoms with Gasteiger partial charge < -0.3 is 9.64 Å². The van der Waals surface area contributed by atoms with E-state index < -0.39 is 9.84 Å². The van der Waals surface area contributed by atoms with Gasteiger partial charge in [0.25, 0.3) is 0 Å². The Hall–Kier alpha value is -1.37. The van der Waals surface area contributed by atoms with Crippen LogP contribution in [0.25, 0.3) is 0 Å². The average Bonchev–Trinajstić information content (AvgIpc) is 2.56. The summed E-state index contributed by atoms with van der Waals surface area (Å²) in [7, 11) is -1.67. The Labute approximate surface area is 151 Å². The van der Waals surface area contributed by atoms with Crippen LogP contribution in [0.4, 0.5) is 11.4 Å². The molecule has 1 aliphatic heterocycles. The molecule has 0 saturated carbocycles. The van der Waals surface area contributed by atoms with Crippen molar-refractivity contribution in [2.24, 2.45) is 0 Å². The monoisotopic (exact) mass is 383 g/mol. The van der Waals surface area contributed by atoms with Crippen LogP contribution < -0.4 is 9.64 Å². The third kappa shape index (κ3) is 3.23. The van der Waals surface area contributed by atoms with Crippen LogP contribution in [0.5, 0.6) is 5.75 Å². The van der Waals surface area contributed by atoms with Crippen molar-refractivity contribution in [3.63, 3.8) is 0 Å². The van der Waals surface area contributed by atoms with Crippen LogP contribution in [-0.4, -0.2) is 34.2 Å². The first-order valence-corrected chi connectivity index (χ1v) is 10.7. The van der Waals surface area contributed by atoms with Gasteiger partial charge in [-0.25, -0.2) is 8.42 Å². The first-order valence-electron chi connectivity index (χ1n) is 7.48. The maximum Gasteiger partial charge on any atom is 0.176 e. The summed E-state index contributed by atoms with van der Waals surface area (Å²) in [5, 5.41) is 0. The molecule has 0 amide bonds. The summed E-state index contributed by atoms with van der Waals surface area (Å²) >= 11 is 7.37. The molecule has 1 aliphatic rings. The predicted molar refractivity (Wildman–Crippen MR) is 99.0 cm³/mol. The number of fused-ring (bicyclic) bond motifs is 2. The van der Waals surface area contributed by atoms with Gasteiger partial charge in [0.1, 0.15) is 5.75 Å². The Morgan fingerprint density at radius 3 is 2.67 bits per heavy atom. The van der Waals surface area contributed by atoms with Gasteiger partial charge in [0, 0.05) is 29.6 Å². The van der Waals surface area contributed by atoms with E-state index in [1.54, 1.807) is 19.2 Å². The van der Waals surface area contributed by atoms with Crippen LogP contribution in [0.15, 0.2) is 51.1 Å². The number of sulfone groups is 1. The van der Waals surface area contributed by atoms with Gasteiger partial charge in [-0.2, -0.15) is 0 Å². The minimum Gasteiger partial charge on any atom is -0.497 e. The standard InChI is InChI=1S/C17H18ClNO3S2/c1-22-12-7-8-15-14(11-12)19(10-4-9-18)13-5-3-6-16(17(13)23-15)24(2,20)21/h3,5-8,11H,4,9-10H2,1-2H3. The second-order valence-electron chi connectivity index (χ2n) is 5.51. The predicted octanol–water partition coefficient (Wildman–Crippen LogP) is 4.33. The van der Waals surface area contributed by atoms with Crippen molar-refractivity contribution in [1.82, 2.24) is 0 Å². The normalized spacial score (nSPS) is 13.4. The Kier molecular flexibility index (Phi) is 4.99. The molecule has 128 valence electrons. The molecule has 2 aromatic carbocycles. The lowest BCUT2D eigenvalue weighted by atomic mass is 10.2. The number of alkyl halides is 1. The van der Waals surface area contributed by atoms with Gasteiger partial charge in [0.05, 0.1) is 28.3 Å². The van der Waals surface area contributed by atoms with E-state index in [0.717, 1.165) is 33.3 Å². The van der Waals surface area contributed by atoms with Crippen LogP contribution >= 0.6 is 23.4 Å². The second-order valence-corrected chi connectivity index (χ2v) is 8.92. The average molecular weight is 384 g/mol. The zero-order valence-electron chi connectivity index (χ0n) is 13.5. The third-order valence-electron chi connectivity index (χ3n) is 3.83. The van der Waals surface area contributed by atoms with Gasteiger partial charge in [0.2, 0.25) is 0 Å². The highest BCUT2D eigenvalue weighted by Gasteiger charge is 2.28. The van der Waals surface area contributed by atoms with Crippen LogP contribution in [0.2, 0.25) is 0 Å². The summed E-state index contributed by atoms with van der Waals surface area (Å²) < 4.78 is 29.7. The number of rotatable bonds is 5. The zero-order chi connectivity index (χ0) is 17.3. The van der Waals surface area contributed by atoms with Gasteiger partial charge in [0.15, 0.2) is 9.84 Å². The van der Waals surface area contributed by atoms with Gasteiger partial charge in [-0.1, -0.05) is 17.8 Å². The third-order valence-corrected chi connectivity index (χ3v) is 6.57. The number of hydrogen-bond acceptors (Lipinski definition) is 5. The lowest BCUT2D eigenvalue weighted by molar-refractivity contribution is 0.414. The van der Waals surface area contributed by atoms with Crippen molar-refractivity contribution < 1.29 is 13.2 Å². The van der Waals surface area contributed by atoms with E-state index in [4.69, 9.17) is 16.3 Å². The Balaban J connectivity index is 2.18. The highest BCUT2D eigenvalue weighted by atomic mass is 35.5. The minimum atomic E-state index is -3.30. The largest absolute Gasteiger partial charge is 0.497 e. The molecule has 1 heterocycles. The summed E-state index contributed by atoms with van der Waals surface area (Å²) in [5.74, 6) is 1.32. The zero-order valence-corrected chi connectivity index (χ0v) is 15.8. The summed E-state index contributed by atoms with van der Waals surface area (Å²) in [6, 6.07) is 11.2. The minimum absolute atomic E-state index is 0.363. The number of methoxy groups -OCH3 is 1. The first kappa shape index (κ1) is 17.5. The molecule has 3 rings (SSSR count). The molecule has 2 aromatic rings. The fraction of sp³-hybridized carbons (Fsp3) is 0.294. The molecule has 0 spiro atoms. The number of nitrogens with zero attached hydrogens (tertiary/aromatic N) is 1. The maximum atomic E-state index is 12.2.